The number of halogens is 2. The molecule has 2 heterocycles. The Kier molecular flexibility index (Phi) is 10.0. The van der Waals surface area contributed by atoms with Crippen LogP contribution in [-0.4, -0.2) is 50.2 Å². The van der Waals surface area contributed by atoms with Crippen LogP contribution in [-0.2, 0) is 12.8 Å². The maximum atomic E-state index is 7.02. The summed E-state index contributed by atoms with van der Waals surface area (Å²) in [6.45, 7) is 10.6. The number of allylic oxidation sites excluding steroid dienone is 5. The molecule has 0 bridgehead atoms. The lowest BCUT2D eigenvalue weighted by Crippen LogP contribution is -2.26. The number of ether oxygens (including phenoxy) is 2. The van der Waals surface area contributed by atoms with Crippen LogP contribution < -0.4 is 14.8 Å². The second-order valence-corrected chi connectivity index (χ2v) is 11.0. The zero-order valence-corrected chi connectivity index (χ0v) is 24.9. The van der Waals surface area contributed by atoms with Crippen LogP contribution in [0.15, 0.2) is 82.8 Å². The molecule has 0 spiro atoms. The molecule has 4 rings (SSSR count). The molecule has 1 saturated heterocycles. The fraction of sp³-hybridized carbons (Fsp3) is 0.355. The monoisotopic (exact) mass is 597 g/mol. The van der Waals surface area contributed by atoms with Gasteiger partial charge in [-0.3, -0.25) is 0 Å². The first-order chi connectivity index (χ1) is 18.4. The Morgan fingerprint density at radius 1 is 1.03 bits per heavy atom. The lowest BCUT2D eigenvalue weighted by Gasteiger charge is -2.29. The van der Waals surface area contributed by atoms with Crippen molar-refractivity contribution < 1.29 is 9.47 Å². The number of hydrogen-bond acceptors (Lipinski definition) is 5. The Balaban J connectivity index is 1.64. The summed E-state index contributed by atoms with van der Waals surface area (Å²) in [6.07, 6.45) is 12.1. The zero-order chi connectivity index (χ0) is 27.1. The van der Waals surface area contributed by atoms with E-state index in [1.54, 1.807) is 14.2 Å². The van der Waals surface area contributed by atoms with E-state index in [4.69, 9.17) is 21.1 Å². The van der Waals surface area contributed by atoms with E-state index in [-0.39, 0.29) is 0 Å². The van der Waals surface area contributed by atoms with Crippen LogP contribution in [0.5, 0.6) is 11.5 Å². The van der Waals surface area contributed by atoms with Crippen molar-refractivity contribution in [2.24, 2.45) is 0 Å². The molecule has 5 nitrogen and oxygen atoms in total. The summed E-state index contributed by atoms with van der Waals surface area (Å²) >= 11 is 10.6. The molecule has 2 aliphatic heterocycles. The fourth-order valence-corrected chi connectivity index (χ4v) is 5.75. The predicted octanol–water partition coefficient (Wildman–Crippen LogP) is 7.59. The minimum absolute atomic E-state index is 0.681. The van der Waals surface area contributed by atoms with E-state index < -0.39 is 0 Å². The molecule has 7 heteroatoms. The summed E-state index contributed by atoms with van der Waals surface area (Å²) in [7, 11) is 3.40. The highest BCUT2D eigenvalue weighted by molar-refractivity contribution is 9.10. The van der Waals surface area contributed by atoms with Crippen molar-refractivity contribution in [1.82, 2.24) is 9.80 Å². The predicted molar refractivity (Wildman–Crippen MR) is 162 cm³/mol. The Morgan fingerprint density at radius 3 is 2.47 bits per heavy atom. The Morgan fingerprint density at radius 2 is 1.76 bits per heavy atom. The van der Waals surface area contributed by atoms with Gasteiger partial charge < -0.3 is 24.6 Å². The molecule has 2 aromatic rings. The van der Waals surface area contributed by atoms with Gasteiger partial charge in [0.1, 0.15) is 11.5 Å². The van der Waals surface area contributed by atoms with Crippen LogP contribution in [0.4, 0.5) is 5.69 Å². The minimum Gasteiger partial charge on any atom is -0.496 e. The molecule has 0 unspecified atom stereocenters. The van der Waals surface area contributed by atoms with Gasteiger partial charge in [-0.25, -0.2) is 0 Å². The second-order valence-electron chi connectivity index (χ2n) is 9.69. The van der Waals surface area contributed by atoms with Crippen LogP contribution in [0.25, 0.3) is 0 Å². The van der Waals surface area contributed by atoms with Crippen molar-refractivity contribution in [3.63, 3.8) is 0 Å². The normalized spacial score (nSPS) is 16.1. The standard InChI is InChI=1S/C31H37BrClN3O2/c1-22(19-24-10-12-29(38-4)31(30(24)33)34-14-18-35-15-7-8-16-35)27(36-17-6-5-9-23(36)2)21-25-20-26(32)11-13-28(25)37-3/h5-6,9-13,17,20,34H,2,7-8,14-16,18-19,21H2,1,3-4H3/b27-22+. The van der Waals surface area contributed by atoms with Crippen LogP contribution in [0.2, 0.25) is 5.02 Å². The zero-order valence-electron chi connectivity index (χ0n) is 22.5. The number of rotatable bonds is 11. The molecule has 2 aromatic carbocycles. The highest BCUT2D eigenvalue weighted by Crippen LogP contribution is 2.37. The quantitative estimate of drug-likeness (QED) is 0.289. The van der Waals surface area contributed by atoms with Crippen molar-refractivity contribution in [2.75, 3.05) is 45.7 Å². The number of benzene rings is 2. The van der Waals surface area contributed by atoms with Crippen molar-refractivity contribution in [1.29, 1.82) is 0 Å². The van der Waals surface area contributed by atoms with Gasteiger partial charge in [-0.1, -0.05) is 46.3 Å². The highest BCUT2D eigenvalue weighted by atomic mass is 79.9. The Labute approximate surface area is 240 Å². The molecule has 1 N–H and O–H groups in total. The van der Waals surface area contributed by atoms with Crippen molar-refractivity contribution in [3.05, 3.63) is 98.9 Å². The van der Waals surface area contributed by atoms with E-state index in [1.165, 1.54) is 31.5 Å². The number of anilines is 1. The molecule has 202 valence electrons. The van der Waals surface area contributed by atoms with Crippen molar-refractivity contribution in [2.45, 2.75) is 32.6 Å². The van der Waals surface area contributed by atoms with Crippen LogP contribution >= 0.6 is 27.5 Å². The summed E-state index contributed by atoms with van der Waals surface area (Å²) in [5.74, 6) is 1.62. The van der Waals surface area contributed by atoms with Gasteiger partial charge in [0.2, 0.25) is 0 Å². The average Bonchev–Trinajstić information content (AvgIpc) is 3.43. The van der Waals surface area contributed by atoms with Crippen LogP contribution in [0.3, 0.4) is 0 Å². The number of likely N-dealkylation sites (tertiary alicyclic amines) is 1. The third kappa shape index (κ3) is 6.85. The number of nitrogens with one attached hydrogen (secondary N) is 1. The van der Waals surface area contributed by atoms with E-state index in [0.717, 1.165) is 57.3 Å². The molecular formula is C31H37BrClN3O2. The van der Waals surface area contributed by atoms with Gasteiger partial charge in [0, 0.05) is 47.1 Å². The van der Waals surface area contributed by atoms with Gasteiger partial charge in [0.25, 0.3) is 0 Å². The van der Waals surface area contributed by atoms with E-state index in [1.807, 2.05) is 36.4 Å². The first kappa shape index (κ1) is 28.3. The average molecular weight is 599 g/mol. The van der Waals surface area contributed by atoms with Gasteiger partial charge >= 0.3 is 0 Å². The van der Waals surface area contributed by atoms with Crippen LogP contribution in [0.1, 0.15) is 30.9 Å². The van der Waals surface area contributed by atoms with Crippen LogP contribution in [0, 0.1) is 0 Å². The highest BCUT2D eigenvalue weighted by Gasteiger charge is 2.20. The molecule has 0 aromatic heterocycles. The number of methoxy groups -OCH3 is 2. The van der Waals surface area contributed by atoms with Gasteiger partial charge in [-0.05, 0) is 86.8 Å². The summed E-state index contributed by atoms with van der Waals surface area (Å²) in [4.78, 5) is 4.64. The van der Waals surface area contributed by atoms with Crippen molar-refractivity contribution in [3.8, 4) is 11.5 Å². The summed E-state index contributed by atoms with van der Waals surface area (Å²) in [5.41, 5.74) is 6.26. The third-order valence-electron chi connectivity index (χ3n) is 7.12. The smallest absolute Gasteiger partial charge is 0.143 e. The molecule has 0 saturated carbocycles. The van der Waals surface area contributed by atoms with E-state index in [2.05, 4.69) is 62.9 Å². The van der Waals surface area contributed by atoms with Gasteiger partial charge in [0.15, 0.2) is 0 Å². The lowest BCUT2D eigenvalue weighted by molar-refractivity contribution is 0.352. The van der Waals surface area contributed by atoms with E-state index >= 15 is 0 Å². The third-order valence-corrected chi connectivity index (χ3v) is 8.04. The summed E-state index contributed by atoms with van der Waals surface area (Å²) in [6, 6.07) is 10.2. The summed E-state index contributed by atoms with van der Waals surface area (Å²) in [5, 5.41) is 4.26. The number of hydrogen-bond donors (Lipinski definition) is 1. The van der Waals surface area contributed by atoms with E-state index in [9.17, 15) is 0 Å². The summed E-state index contributed by atoms with van der Waals surface area (Å²) < 4.78 is 12.4. The first-order valence-corrected chi connectivity index (χ1v) is 14.2. The Bertz CT molecular complexity index is 1250. The lowest BCUT2D eigenvalue weighted by atomic mass is 9.98. The largest absolute Gasteiger partial charge is 0.496 e. The van der Waals surface area contributed by atoms with Crippen molar-refractivity contribution >= 4 is 33.2 Å². The molecule has 38 heavy (non-hydrogen) atoms. The van der Waals surface area contributed by atoms with Gasteiger partial charge in [-0.2, -0.15) is 0 Å². The minimum atomic E-state index is 0.681. The molecule has 2 aliphatic rings. The SMILES string of the molecule is C=C1C=CC=CN1/C(Cc1cc(Br)ccc1OC)=C(\C)Cc1ccc(OC)c(NCCN2CCCC2)c1Cl. The topological polar surface area (TPSA) is 37.0 Å². The second kappa shape index (κ2) is 13.4. The molecule has 0 atom stereocenters. The van der Waals surface area contributed by atoms with E-state index in [0.29, 0.717) is 17.9 Å². The molecule has 0 amide bonds. The van der Waals surface area contributed by atoms with Gasteiger partial charge in [0.05, 0.1) is 24.9 Å². The maximum Gasteiger partial charge on any atom is 0.143 e. The first-order valence-electron chi connectivity index (χ1n) is 13.1. The Hall–Kier alpha value is -2.67. The molecule has 1 fully saturated rings. The maximum absolute atomic E-state index is 7.02. The fourth-order valence-electron chi connectivity index (χ4n) is 5.05. The molecule has 0 aliphatic carbocycles. The number of nitrogens with zero attached hydrogens (tertiary/aromatic N) is 2. The van der Waals surface area contributed by atoms with Gasteiger partial charge in [-0.15, -0.1) is 0 Å². The molecule has 0 radical (unpaired) electrons. The molecular weight excluding hydrogens is 562 g/mol.